The molecular formula is C14H21N3O4S. The predicted octanol–water partition coefficient (Wildman–Crippen LogP) is 0.352. The van der Waals surface area contributed by atoms with E-state index >= 15 is 0 Å². The molecule has 22 heavy (non-hydrogen) atoms. The van der Waals surface area contributed by atoms with Crippen molar-refractivity contribution in [2.45, 2.75) is 18.7 Å². The zero-order chi connectivity index (χ0) is 16.3. The molecule has 1 heterocycles. The molecule has 1 amide bonds. The Morgan fingerprint density at radius 2 is 2.00 bits per heavy atom. The molecule has 122 valence electrons. The van der Waals surface area contributed by atoms with E-state index < -0.39 is 15.9 Å². The maximum Gasteiger partial charge on any atom is 0.257 e. The number of sulfonamides is 1. The van der Waals surface area contributed by atoms with Crippen molar-refractivity contribution in [2.24, 2.45) is 5.73 Å². The normalized spacial score (nSPS) is 16.9. The van der Waals surface area contributed by atoms with Crippen LogP contribution in [0.15, 0.2) is 23.1 Å². The fourth-order valence-corrected chi connectivity index (χ4v) is 4.53. The summed E-state index contributed by atoms with van der Waals surface area (Å²) in [5, 5.41) is 1.73. The minimum absolute atomic E-state index is 0.0177. The van der Waals surface area contributed by atoms with Crippen molar-refractivity contribution in [1.82, 2.24) is 9.42 Å². The maximum absolute atomic E-state index is 13.0. The first kappa shape index (κ1) is 16.9. The van der Waals surface area contributed by atoms with Crippen LogP contribution in [0.4, 0.5) is 0 Å². The Labute approximate surface area is 130 Å². The van der Waals surface area contributed by atoms with Crippen LogP contribution in [0.3, 0.4) is 0 Å². The van der Waals surface area contributed by atoms with Crippen LogP contribution in [0, 0.1) is 6.92 Å². The summed E-state index contributed by atoms with van der Waals surface area (Å²) >= 11 is 0. The molecule has 0 aromatic heterocycles. The molecule has 7 nitrogen and oxygen atoms in total. The van der Waals surface area contributed by atoms with Crippen LogP contribution in [-0.2, 0) is 14.8 Å². The number of ether oxygens (including phenoxy) is 1. The van der Waals surface area contributed by atoms with Crippen molar-refractivity contribution >= 4 is 15.9 Å². The fraction of sp³-hybridized carbons (Fsp3) is 0.500. The number of amides is 1. The summed E-state index contributed by atoms with van der Waals surface area (Å²) in [5.41, 5.74) is 5.87. The van der Waals surface area contributed by atoms with Gasteiger partial charge < -0.3 is 10.5 Å². The lowest BCUT2D eigenvalue weighted by atomic mass is 10.1. The zero-order valence-electron chi connectivity index (χ0n) is 12.8. The van der Waals surface area contributed by atoms with E-state index in [2.05, 4.69) is 0 Å². The number of aryl methyl sites for hydroxylation is 1. The Bertz CT molecular complexity index is 654. The molecule has 1 fully saturated rings. The number of carbonyl (C=O) groups excluding carboxylic acids is 1. The number of nitrogens with zero attached hydrogens (tertiary/aromatic N) is 2. The molecule has 2 N–H and O–H groups in total. The number of hydrogen-bond donors (Lipinski definition) is 1. The molecule has 1 aromatic carbocycles. The van der Waals surface area contributed by atoms with E-state index in [1.807, 2.05) is 0 Å². The SMILES string of the molecule is CCN(N1CCOCC1)S(=O)(=O)c1c(C)cccc1C(N)=O. The van der Waals surface area contributed by atoms with Gasteiger partial charge >= 0.3 is 0 Å². The molecule has 0 aliphatic carbocycles. The summed E-state index contributed by atoms with van der Waals surface area (Å²) in [5.74, 6) is -0.750. The summed E-state index contributed by atoms with van der Waals surface area (Å²) in [6, 6.07) is 4.72. The second kappa shape index (κ2) is 6.74. The molecule has 2 rings (SSSR count). The molecule has 1 aliphatic heterocycles. The van der Waals surface area contributed by atoms with Gasteiger partial charge in [-0.15, -0.1) is 4.41 Å². The van der Waals surface area contributed by atoms with E-state index in [-0.39, 0.29) is 17.0 Å². The third-order valence-electron chi connectivity index (χ3n) is 3.59. The molecular weight excluding hydrogens is 306 g/mol. The van der Waals surface area contributed by atoms with Crippen LogP contribution in [-0.4, -0.2) is 56.6 Å². The molecule has 1 aliphatic rings. The second-order valence-corrected chi connectivity index (χ2v) is 6.81. The van der Waals surface area contributed by atoms with Crippen LogP contribution in [0.5, 0.6) is 0 Å². The number of morpholine rings is 1. The van der Waals surface area contributed by atoms with Gasteiger partial charge in [-0.3, -0.25) is 4.79 Å². The lowest BCUT2D eigenvalue weighted by Crippen LogP contribution is -2.51. The van der Waals surface area contributed by atoms with Gasteiger partial charge in [-0.05, 0) is 25.5 Å². The van der Waals surface area contributed by atoms with Crippen molar-refractivity contribution in [3.63, 3.8) is 0 Å². The number of rotatable bonds is 5. The van der Waals surface area contributed by atoms with E-state index in [0.29, 0.717) is 31.9 Å². The number of nitrogens with two attached hydrogens (primary N) is 1. The van der Waals surface area contributed by atoms with Gasteiger partial charge in [0.15, 0.2) is 0 Å². The third-order valence-corrected chi connectivity index (χ3v) is 5.69. The van der Waals surface area contributed by atoms with E-state index in [0.717, 1.165) is 0 Å². The third kappa shape index (κ3) is 3.14. The fourth-order valence-electron chi connectivity index (χ4n) is 2.59. The molecule has 8 heteroatoms. The van der Waals surface area contributed by atoms with Gasteiger partial charge in [-0.2, -0.15) is 0 Å². The number of primary amides is 1. The first-order chi connectivity index (χ1) is 10.4. The molecule has 0 atom stereocenters. The Balaban J connectivity index is 2.51. The standard InChI is InChI=1S/C14H21N3O4S/c1-3-17(16-7-9-21-10-8-16)22(19,20)13-11(2)5-4-6-12(13)14(15)18/h4-6H,3,7-10H2,1-2H3,(H2,15,18). The monoisotopic (exact) mass is 327 g/mol. The van der Waals surface area contributed by atoms with Gasteiger partial charge in [0, 0.05) is 19.6 Å². The van der Waals surface area contributed by atoms with Crippen LogP contribution < -0.4 is 5.73 Å². The Morgan fingerprint density at radius 3 is 2.55 bits per heavy atom. The molecule has 0 radical (unpaired) electrons. The Kier molecular flexibility index (Phi) is 5.17. The number of hydrazine groups is 1. The highest BCUT2D eigenvalue weighted by molar-refractivity contribution is 7.89. The highest BCUT2D eigenvalue weighted by Crippen LogP contribution is 2.25. The van der Waals surface area contributed by atoms with Gasteiger partial charge in [0.2, 0.25) is 5.91 Å². The van der Waals surface area contributed by atoms with Gasteiger partial charge in [-0.25, -0.2) is 13.4 Å². The van der Waals surface area contributed by atoms with Gasteiger partial charge in [0.05, 0.1) is 23.7 Å². The second-order valence-electron chi connectivity index (χ2n) is 5.03. The molecule has 0 spiro atoms. The number of hydrogen-bond acceptors (Lipinski definition) is 5. The Hall–Kier alpha value is -1.48. The van der Waals surface area contributed by atoms with Crippen LogP contribution in [0.25, 0.3) is 0 Å². The molecule has 0 saturated carbocycles. The summed E-state index contributed by atoms with van der Waals surface area (Å²) in [4.78, 5) is 11.6. The van der Waals surface area contributed by atoms with E-state index in [4.69, 9.17) is 10.5 Å². The molecule has 0 unspecified atom stereocenters. The van der Waals surface area contributed by atoms with Gasteiger partial charge in [0.25, 0.3) is 10.0 Å². The minimum Gasteiger partial charge on any atom is -0.379 e. The quantitative estimate of drug-likeness (QED) is 0.842. The highest BCUT2D eigenvalue weighted by atomic mass is 32.2. The smallest absolute Gasteiger partial charge is 0.257 e. The summed E-state index contributed by atoms with van der Waals surface area (Å²) < 4.78 is 32.6. The lowest BCUT2D eigenvalue weighted by molar-refractivity contribution is -0.0398. The van der Waals surface area contributed by atoms with E-state index in [9.17, 15) is 13.2 Å². The first-order valence-corrected chi connectivity index (χ1v) is 8.58. The van der Waals surface area contributed by atoms with Gasteiger partial charge in [-0.1, -0.05) is 12.1 Å². The summed E-state index contributed by atoms with van der Waals surface area (Å²) in [6.07, 6.45) is 0. The first-order valence-electron chi connectivity index (χ1n) is 7.14. The van der Waals surface area contributed by atoms with Crippen molar-refractivity contribution in [1.29, 1.82) is 0 Å². The number of carbonyl (C=O) groups is 1. The minimum atomic E-state index is -3.85. The average Bonchev–Trinajstić information content (AvgIpc) is 2.48. The van der Waals surface area contributed by atoms with Crippen LogP contribution >= 0.6 is 0 Å². The summed E-state index contributed by atoms with van der Waals surface area (Å²) in [6.45, 7) is 5.62. The zero-order valence-corrected chi connectivity index (χ0v) is 13.6. The Morgan fingerprint density at radius 1 is 1.36 bits per heavy atom. The maximum atomic E-state index is 13.0. The number of benzene rings is 1. The van der Waals surface area contributed by atoms with Crippen molar-refractivity contribution < 1.29 is 17.9 Å². The van der Waals surface area contributed by atoms with Crippen molar-refractivity contribution in [2.75, 3.05) is 32.8 Å². The van der Waals surface area contributed by atoms with Crippen molar-refractivity contribution in [3.8, 4) is 0 Å². The van der Waals surface area contributed by atoms with Crippen LogP contribution in [0.2, 0.25) is 0 Å². The highest BCUT2D eigenvalue weighted by Gasteiger charge is 2.33. The largest absolute Gasteiger partial charge is 0.379 e. The summed E-state index contributed by atoms with van der Waals surface area (Å²) in [7, 11) is -3.85. The topological polar surface area (TPSA) is 92.9 Å². The van der Waals surface area contributed by atoms with Crippen LogP contribution in [0.1, 0.15) is 22.8 Å². The molecule has 0 bridgehead atoms. The lowest BCUT2D eigenvalue weighted by Gasteiger charge is -2.36. The molecule has 1 aromatic rings. The average molecular weight is 327 g/mol. The predicted molar refractivity (Wildman–Crippen MR) is 81.7 cm³/mol. The van der Waals surface area contributed by atoms with Crippen molar-refractivity contribution in [3.05, 3.63) is 29.3 Å². The molecule has 1 saturated heterocycles. The van der Waals surface area contributed by atoms with E-state index in [1.165, 1.54) is 10.5 Å². The van der Waals surface area contributed by atoms with Gasteiger partial charge in [0.1, 0.15) is 0 Å². The van der Waals surface area contributed by atoms with E-state index in [1.54, 1.807) is 31.0 Å².